The molecule has 2 aromatic carbocycles. The van der Waals surface area contributed by atoms with Crippen molar-refractivity contribution in [1.29, 1.82) is 0 Å². The Morgan fingerprint density at radius 1 is 0.970 bits per heavy atom. The van der Waals surface area contributed by atoms with E-state index >= 15 is 0 Å². The summed E-state index contributed by atoms with van der Waals surface area (Å²) in [6.07, 6.45) is 1.67. The van der Waals surface area contributed by atoms with E-state index in [1.165, 1.54) is 10.2 Å². The van der Waals surface area contributed by atoms with E-state index in [0.717, 1.165) is 31.7 Å². The monoisotopic (exact) mass is 462 g/mol. The standard InChI is InChI=1S/C23H23ClN8O/c1-17-7-9-18(10-8-17)22-26-28-31(27-22)16-29-11-13-30(14-12-29)20-15-25-32(23(33)21(20)24)19-5-3-2-4-6-19/h2-10,15H,11-14,16H2,1H3. The van der Waals surface area contributed by atoms with Crippen molar-refractivity contribution in [3.05, 3.63) is 81.7 Å². The Balaban J connectivity index is 1.23. The molecule has 168 valence electrons. The number of tetrazole rings is 1. The summed E-state index contributed by atoms with van der Waals surface area (Å²) in [7, 11) is 0. The fourth-order valence-corrected chi connectivity index (χ4v) is 4.08. The maximum absolute atomic E-state index is 12.8. The van der Waals surface area contributed by atoms with E-state index < -0.39 is 0 Å². The molecule has 4 aromatic rings. The average Bonchev–Trinajstić information content (AvgIpc) is 3.31. The lowest BCUT2D eigenvalue weighted by Crippen LogP contribution is -2.47. The van der Waals surface area contributed by atoms with Crippen LogP contribution in [0, 0.1) is 6.92 Å². The van der Waals surface area contributed by atoms with Gasteiger partial charge in [0, 0.05) is 31.7 Å². The van der Waals surface area contributed by atoms with E-state index in [-0.39, 0.29) is 10.6 Å². The van der Waals surface area contributed by atoms with E-state index in [9.17, 15) is 4.79 Å². The molecule has 1 aliphatic heterocycles. The maximum atomic E-state index is 12.8. The molecule has 0 atom stereocenters. The van der Waals surface area contributed by atoms with Crippen LogP contribution in [0.25, 0.3) is 17.1 Å². The molecule has 0 radical (unpaired) electrons. The molecule has 1 saturated heterocycles. The number of para-hydroxylation sites is 1. The van der Waals surface area contributed by atoms with Crippen LogP contribution in [0.3, 0.4) is 0 Å². The summed E-state index contributed by atoms with van der Waals surface area (Å²) in [5.41, 5.74) is 3.17. The van der Waals surface area contributed by atoms with Crippen molar-refractivity contribution in [2.75, 3.05) is 31.1 Å². The number of piperazine rings is 1. The molecule has 0 spiro atoms. The van der Waals surface area contributed by atoms with Gasteiger partial charge in [0.2, 0.25) is 5.82 Å². The fraction of sp³-hybridized carbons (Fsp3) is 0.261. The van der Waals surface area contributed by atoms with E-state index in [0.29, 0.717) is 23.9 Å². The van der Waals surface area contributed by atoms with Crippen molar-refractivity contribution in [3.63, 3.8) is 0 Å². The number of hydrogen-bond acceptors (Lipinski definition) is 7. The smallest absolute Gasteiger partial charge is 0.292 e. The first-order valence-corrected chi connectivity index (χ1v) is 11.1. The zero-order valence-corrected chi connectivity index (χ0v) is 18.9. The lowest BCUT2D eigenvalue weighted by Gasteiger charge is -2.35. The normalized spacial score (nSPS) is 14.5. The van der Waals surface area contributed by atoms with E-state index in [1.54, 1.807) is 11.0 Å². The van der Waals surface area contributed by atoms with Crippen LogP contribution in [0.4, 0.5) is 5.69 Å². The molecule has 0 N–H and O–H groups in total. The molecule has 9 nitrogen and oxygen atoms in total. The van der Waals surface area contributed by atoms with Gasteiger partial charge in [0.15, 0.2) is 0 Å². The van der Waals surface area contributed by atoms with Crippen LogP contribution in [0.15, 0.2) is 65.6 Å². The average molecular weight is 463 g/mol. The Bertz CT molecular complexity index is 1290. The van der Waals surface area contributed by atoms with Crippen LogP contribution in [0.1, 0.15) is 5.56 Å². The van der Waals surface area contributed by atoms with Crippen molar-refractivity contribution in [2.45, 2.75) is 13.6 Å². The molecule has 0 unspecified atom stereocenters. The van der Waals surface area contributed by atoms with Gasteiger partial charge in [-0.1, -0.05) is 59.6 Å². The molecule has 3 heterocycles. The number of aryl methyl sites for hydroxylation is 1. The van der Waals surface area contributed by atoms with Crippen molar-refractivity contribution < 1.29 is 0 Å². The predicted molar refractivity (Wildman–Crippen MR) is 127 cm³/mol. The van der Waals surface area contributed by atoms with Gasteiger partial charge in [-0.3, -0.25) is 9.69 Å². The van der Waals surface area contributed by atoms with Crippen molar-refractivity contribution in [2.24, 2.45) is 0 Å². The predicted octanol–water partition coefficient (Wildman–Crippen LogP) is 2.63. The third-order valence-electron chi connectivity index (χ3n) is 5.70. The summed E-state index contributed by atoms with van der Waals surface area (Å²) in [6, 6.07) is 17.3. The summed E-state index contributed by atoms with van der Waals surface area (Å²) in [5.74, 6) is 0.616. The number of halogens is 1. The minimum Gasteiger partial charge on any atom is -0.366 e. The molecule has 2 aromatic heterocycles. The molecule has 1 aliphatic rings. The molecular weight excluding hydrogens is 440 g/mol. The van der Waals surface area contributed by atoms with E-state index in [4.69, 9.17) is 11.6 Å². The second-order valence-electron chi connectivity index (χ2n) is 7.99. The van der Waals surface area contributed by atoms with Crippen LogP contribution < -0.4 is 10.5 Å². The van der Waals surface area contributed by atoms with Crippen molar-refractivity contribution in [3.8, 4) is 17.1 Å². The van der Waals surface area contributed by atoms with Crippen LogP contribution >= 0.6 is 11.6 Å². The molecular formula is C23H23ClN8O. The Hall–Kier alpha value is -3.56. The zero-order valence-electron chi connectivity index (χ0n) is 18.2. The van der Waals surface area contributed by atoms with Gasteiger partial charge < -0.3 is 4.90 Å². The first-order chi connectivity index (χ1) is 16.1. The summed E-state index contributed by atoms with van der Waals surface area (Å²) in [6.45, 7) is 5.59. The van der Waals surface area contributed by atoms with Crippen LogP contribution in [0.5, 0.6) is 0 Å². The highest BCUT2D eigenvalue weighted by molar-refractivity contribution is 6.33. The van der Waals surface area contributed by atoms with E-state index in [1.807, 2.05) is 61.5 Å². The number of anilines is 1. The van der Waals surface area contributed by atoms with Crippen molar-refractivity contribution in [1.82, 2.24) is 34.9 Å². The van der Waals surface area contributed by atoms with Gasteiger partial charge >= 0.3 is 0 Å². The lowest BCUT2D eigenvalue weighted by molar-refractivity contribution is 0.182. The third kappa shape index (κ3) is 4.50. The first-order valence-electron chi connectivity index (χ1n) is 10.7. The van der Waals surface area contributed by atoms with Gasteiger partial charge in [-0.05, 0) is 24.3 Å². The van der Waals surface area contributed by atoms with Gasteiger partial charge in [0.05, 0.1) is 17.6 Å². The van der Waals surface area contributed by atoms with E-state index in [2.05, 4.69) is 30.3 Å². The molecule has 33 heavy (non-hydrogen) atoms. The largest absolute Gasteiger partial charge is 0.366 e. The summed E-state index contributed by atoms with van der Waals surface area (Å²) in [4.78, 5) is 18.7. The quantitative estimate of drug-likeness (QED) is 0.450. The van der Waals surface area contributed by atoms with Gasteiger partial charge in [-0.25, -0.2) is 0 Å². The van der Waals surface area contributed by atoms with Gasteiger partial charge in [-0.15, -0.1) is 15.0 Å². The lowest BCUT2D eigenvalue weighted by atomic mass is 10.1. The van der Waals surface area contributed by atoms with Crippen molar-refractivity contribution >= 4 is 17.3 Å². The molecule has 0 saturated carbocycles. The van der Waals surface area contributed by atoms with Crippen LogP contribution in [-0.2, 0) is 6.67 Å². The molecule has 0 bridgehead atoms. The highest BCUT2D eigenvalue weighted by atomic mass is 35.5. The number of benzene rings is 2. The highest BCUT2D eigenvalue weighted by Gasteiger charge is 2.22. The third-order valence-corrected chi connectivity index (χ3v) is 6.06. The second-order valence-corrected chi connectivity index (χ2v) is 8.37. The number of hydrogen-bond donors (Lipinski definition) is 0. The van der Waals surface area contributed by atoms with Crippen LogP contribution in [-0.4, -0.2) is 61.1 Å². The number of nitrogens with zero attached hydrogens (tertiary/aromatic N) is 8. The SMILES string of the molecule is Cc1ccc(-c2nnn(CN3CCN(c4cnn(-c5ccccc5)c(=O)c4Cl)CC3)n2)cc1. The van der Waals surface area contributed by atoms with Gasteiger partial charge in [-0.2, -0.15) is 9.78 Å². The Kier molecular flexibility index (Phi) is 5.89. The Labute approximate surface area is 195 Å². The fourth-order valence-electron chi connectivity index (χ4n) is 3.83. The molecule has 5 rings (SSSR count). The molecule has 10 heteroatoms. The van der Waals surface area contributed by atoms with Gasteiger partial charge in [0.25, 0.3) is 5.56 Å². The van der Waals surface area contributed by atoms with Crippen LogP contribution in [0.2, 0.25) is 5.02 Å². The first kappa shape index (κ1) is 21.3. The Morgan fingerprint density at radius 2 is 1.70 bits per heavy atom. The summed E-state index contributed by atoms with van der Waals surface area (Å²) < 4.78 is 1.32. The number of aromatic nitrogens is 6. The molecule has 0 aliphatic carbocycles. The minimum absolute atomic E-state index is 0.183. The molecule has 0 amide bonds. The summed E-state index contributed by atoms with van der Waals surface area (Å²) >= 11 is 6.46. The van der Waals surface area contributed by atoms with Gasteiger partial charge in [0.1, 0.15) is 11.7 Å². The minimum atomic E-state index is -0.321. The number of rotatable bonds is 5. The zero-order chi connectivity index (χ0) is 22.8. The Morgan fingerprint density at radius 3 is 2.42 bits per heavy atom. The second kappa shape index (κ2) is 9.13. The summed E-state index contributed by atoms with van der Waals surface area (Å²) in [5, 5.41) is 17.4. The topological polar surface area (TPSA) is 85.0 Å². The maximum Gasteiger partial charge on any atom is 0.292 e. The molecule has 1 fully saturated rings. The highest BCUT2D eigenvalue weighted by Crippen LogP contribution is 2.23.